The van der Waals surface area contributed by atoms with Gasteiger partial charge in [-0.1, -0.05) is 45.2 Å². The second-order valence-corrected chi connectivity index (χ2v) is 7.36. The second-order valence-electron chi connectivity index (χ2n) is 6.32. The first-order valence-electron chi connectivity index (χ1n) is 8.00. The van der Waals surface area contributed by atoms with E-state index in [1.807, 2.05) is 0 Å². The van der Waals surface area contributed by atoms with Crippen LogP contribution < -0.4 is 5.32 Å². The van der Waals surface area contributed by atoms with E-state index in [0.29, 0.717) is 11.7 Å². The number of thioether (sulfide) groups is 1. The summed E-state index contributed by atoms with van der Waals surface area (Å²) in [5.41, 5.74) is 0.677. The van der Waals surface area contributed by atoms with Gasteiger partial charge in [0.1, 0.15) is 5.54 Å². The van der Waals surface area contributed by atoms with Crippen LogP contribution in [0.25, 0.3) is 0 Å². The Kier molecular flexibility index (Phi) is 5.90. The number of carbonyl (C=O) groups excluding carboxylic acids is 1. The molecule has 0 radical (unpaired) electrons. The highest BCUT2D eigenvalue weighted by molar-refractivity contribution is 8.00. The number of nitriles is 1. The Morgan fingerprint density at radius 3 is 2.45 bits per heavy atom. The number of nitrogens with zero attached hydrogens (tertiary/aromatic N) is 1. The van der Waals surface area contributed by atoms with Crippen LogP contribution in [0.3, 0.4) is 0 Å². The number of hydrogen-bond donors (Lipinski definition) is 1. The van der Waals surface area contributed by atoms with Crippen LogP contribution in [-0.2, 0) is 4.79 Å². The van der Waals surface area contributed by atoms with Crippen molar-refractivity contribution in [3.8, 4) is 6.07 Å². The lowest BCUT2D eigenvalue weighted by Crippen LogP contribution is -2.49. The summed E-state index contributed by atoms with van der Waals surface area (Å²) < 4.78 is 0. The Labute approximate surface area is 137 Å². The number of amides is 1. The van der Waals surface area contributed by atoms with E-state index in [1.54, 1.807) is 0 Å². The number of benzene rings is 1. The molecule has 1 aromatic carbocycles. The SMILES string of the molecule is CC(C)c1ccc(SCC(=O)NC2(C#N)CCCCC2)cc1. The topological polar surface area (TPSA) is 52.9 Å². The van der Waals surface area contributed by atoms with Crippen LogP contribution in [0.15, 0.2) is 29.2 Å². The van der Waals surface area contributed by atoms with Crippen LogP contribution in [0.4, 0.5) is 0 Å². The van der Waals surface area contributed by atoms with Crippen LogP contribution in [-0.4, -0.2) is 17.2 Å². The van der Waals surface area contributed by atoms with Gasteiger partial charge in [0.25, 0.3) is 0 Å². The van der Waals surface area contributed by atoms with Gasteiger partial charge in [-0.05, 0) is 36.5 Å². The molecule has 118 valence electrons. The molecular weight excluding hydrogens is 292 g/mol. The maximum Gasteiger partial charge on any atom is 0.231 e. The lowest BCUT2D eigenvalue weighted by molar-refractivity contribution is -0.120. The fourth-order valence-corrected chi connectivity index (χ4v) is 3.52. The van der Waals surface area contributed by atoms with Gasteiger partial charge in [0.05, 0.1) is 11.8 Å². The Morgan fingerprint density at radius 2 is 1.91 bits per heavy atom. The molecule has 0 heterocycles. The van der Waals surface area contributed by atoms with E-state index in [-0.39, 0.29) is 5.91 Å². The van der Waals surface area contributed by atoms with Gasteiger partial charge < -0.3 is 5.32 Å². The predicted octanol–water partition coefficient (Wildman–Crippen LogP) is 4.24. The average molecular weight is 316 g/mol. The first-order chi connectivity index (χ1) is 10.5. The quantitative estimate of drug-likeness (QED) is 0.826. The van der Waals surface area contributed by atoms with Crippen molar-refractivity contribution in [2.75, 3.05) is 5.75 Å². The van der Waals surface area contributed by atoms with Crippen molar-refractivity contribution in [1.29, 1.82) is 5.26 Å². The lowest BCUT2D eigenvalue weighted by Gasteiger charge is -2.31. The Morgan fingerprint density at radius 1 is 1.27 bits per heavy atom. The Hall–Kier alpha value is -1.47. The predicted molar refractivity (Wildman–Crippen MR) is 90.8 cm³/mol. The van der Waals surface area contributed by atoms with E-state index >= 15 is 0 Å². The number of carbonyl (C=O) groups is 1. The minimum absolute atomic E-state index is 0.0404. The monoisotopic (exact) mass is 316 g/mol. The summed E-state index contributed by atoms with van der Waals surface area (Å²) in [5, 5.41) is 12.3. The molecular formula is C18H24N2OS. The van der Waals surface area contributed by atoms with E-state index in [0.717, 1.165) is 37.0 Å². The van der Waals surface area contributed by atoms with Gasteiger partial charge in [-0.25, -0.2) is 0 Å². The van der Waals surface area contributed by atoms with Crippen molar-refractivity contribution in [1.82, 2.24) is 5.32 Å². The standard InChI is InChI=1S/C18H24N2OS/c1-14(2)15-6-8-16(9-7-15)22-12-17(21)20-18(13-19)10-4-3-5-11-18/h6-9,14H,3-5,10-12H2,1-2H3,(H,20,21). The summed E-state index contributed by atoms with van der Waals surface area (Å²) in [6, 6.07) is 10.7. The van der Waals surface area contributed by atoms with Crippen LogP contribution >= 0.6 is 11.8 Å². The summed E-state index contributed by atoms with van der Waals surface area (Å²) in [5.74, 6) is 0.843. The molecule has 1 aliphatic rings. The van der Waals surface area contributed by atoms with E-state index in [9.17, 15) is 10.1 Å². The zero-order valence-corrected chi connectivity index (χ0v) is 14.2. The summed E-state index contributed by atoms with van der Waals surface area (Å²) in [4.78, 5) is 13.2. The molecule has 0 unspecified atom stereocenters. The van der Waals surface area contributed by atoms with Gasteiger partial charge in [0, 0.05) is 4.90 Å². The molecule has 4 heteroatoms. The summed E-state index contributed by atoms with van der Waals surface area (Å²) in [6.07, 6.45) is 4.78. The number of rotatable bonds is 5. The molecule has 3 nitrogen and oxygen atoms in total. The molecule has 1 aliphatic carbocycles. The normalized spacial score (nSPS) is 17.0. The van der Waals surface area contributed by atoms with Crippen molar-refractivity contribution < 1.29 is 4.79 Å². The fraction of sp³-hybridized carbons (Fsp3) is 0.556. The van der Waals surface area contributed by atoms with Gasteiger partial charge in [-0.3, -0.25) is 4.79 Å². The van der Waals surface area contributed by atoms with Crippen LogP contribution in [0.2, 0.25) is 0 Å². The summed E-state index contributed by atoms with van der Waals surface area (Å²) in [7, 11) is 0. The van der Waals surface area contributed by atoms with Crippen molar-refractivity contribution >= 4 is 17.7 Å². The average Bonchev–Trinajstić information content (AvgIpc) is 2.54. The zero-order chi connectivity index (χ0) is 16.0. The highest BCUT2D eigenvalue weighted by Crippen LogP contribution is 2.28. The molecule has 0 saturated heterocycles. The van der Waals surface area contributed by atoms with Crippen molar-refractivity contribution in [2.45, 2.75) is 62.3 Å². The third kappa shape index (κ3) is 4.51. The van der Waals surface area contributed by atoms with E-state index in [4.69, 9.17) is 0 Å². The lowest BCUT2D eigenvalue weighted by atomic mass is 9.83. The molecule has 1 saturated carbocycles. The van der Waals surface area contributed by atoms with Crippen LogP contribution in [0.5, 0.6) is 0 Å². The molecule has 0 aromatic heterocycles. The molecule has 0 bridgehead atoms. The fourth-order valence-electron chi connectivity index (χ4n) is 2.82. The highest BCUT2D eigenvalue weighted by atomic mass is 32.2. The van der Waals surface area contributed by atoms with Gasteiger partial charge >= 0.3 is 0 Å². The first-order valence-corrected chi connectivity index (χ1v) is 8.98. The Balaban J connectivity index is 1.86. The van der Waals surface area contributed by atoms with Crippen molar-refractivity contribution in [3.05, 3.63) is 29.8 Å². The summed E-state index contributed by atoms with van der Waals surface area (Å²) in [6.45, 7) is 4.34. The molecule has 2 rings (SSSR count). The molecule has 1 N–H and O–H groups in total. The van der Waals surface area contributed by atoms with E-state index < -0.39 is 5.54 Å². The second kappa shape index (κ2) is 7.69. The minimum Gasteiger partial charge on any atom is -0.337 e. The molecule has 22 heavy (non-hydrogen) atoms. The minimum atomic E-state index is -0.628. The molecule has 0 atom stereocenters. The van der Waals surface area contributed by atoms with Crippen LogP contribution in [0.1, 0.15) is 57.4 Å². The van der Waals surface area contributed by atoms with E-state index in [1.165, 1.54) is 17.3 Å². The third-order valence-electron chi connectivity index (χ3n) is 4.22. The maximum absolute atomic E-state index is 12.1. The maximum atomic E-state index is 12.1. The zero-order valence-electron chi connectivity index (χ0n) is 13.4. The summed E-state index contributed by atoms with van der Waals surface area (Å²) >= 11 is 1.53. The van der Waals surface area contributed by atoms with Gasteiger partial charge in [0.2, 0.25) is 5.91 Å². The molecule has 1 amide bonds. The van der Waals surface area contributed by atoms with Crippen molar-refractivity contribution in [2.24, 2.45) is 0 Å². The molecule has 1 aromatic rings. The molecule has 0 aliphatic heterocycles. The first kappa shape index (κ1) is 16.9. The van der Waals surface area contributed by atoms with Crippen molar-refractivity contribution in [3.63, 3.8) is 0 Å². The number of nitrogens with one attached hydrogen (secondary N) is 1. The van der Waals surface area contributed by atoms with E-state index in [2.05, 4.69) is 49.5 Å². The van der Waals surface area contributed by atoms with Gasteiger partial charge in [-0.15, -0.1) is 11.8 Å². The van der Waals surface area contributed by atoms with Crippen LogP contribution in [0, 0.1) is 11.3 Å². The number of hydrogen-bond acceptors (Lipinski definition) is 3. The van der Waals surface area contributed by atoms with Gasteiger partial charge in [-0.2, -0.15) is 5.26 Å². The highest BCUT2D eigenvalue weighted by Gasteiger charge is 2.33. The van der Waals surface area contributed by atoms with Gasteiger partial charge in [0.15, 0.2) is 0 Å². The third-order valence-corrected chi connectivity index (χ3v) is 5.23. The molecule has 0 spiro atoms. The smallest absolute Gasteiger partial charge is 0.231 e. The largest absolute Gasteiger partial charge is 0.337 e. The molecule has 1 fully saturated rings. The Bertz CT molecular complexity index is 539.